The van der Waals surface area contributed by atoms with Crippen LogP contribution in [0.5, 0.6) is 5.88 Å². The standard InChI is InChI=1S/C14H10N2O3/c1-9(17)12-7-10(8-15)13(18)16(14(12)19)11-5-3-2-4-6-11/h2-7,19H,1H3. The number of ketones is 1. The SMILES string of the molecule is CC(=O)c1cc(C#N)c(=O)n(-c2ccccc2)c1O. The number of carbonyl (C=O) groups excluding carboxylic acids is 1. The summed E-state index contributed by atoms with van der Waals surface area (Å²) in [7, 11) is 0. The monoisotopic (exact) mass is 254 g/mol. The number of benzene rings is 1. The summed E-state index contributed by atoms with van der Waals surface area (Å²) in [6.45, 7) is 1.26. The second-order valence-corrected chi connectivity index (χ2v) is 3.94. The Morgan fingerprint density at radius 3 is 2.47 bits per heavy atom. The van der Waals surface area contributed by atoms with E-state index in [1.807, 2.05) is 0 Å². The number of nitriles is 1. The second kappa shape index (κ2) is 4.78. The van der Waals surface area contributed by atoms with Crippen LogP contribution in [0, 0.1) is 11.3 Å². The van der Waals surface area contributed by atoms with Gasteiger partial charge in [-0.3, -0.25) is 9.59 Å². The van der Waals surface area contributed by atoms with Gasteiger partial charge < -0.3 is 5.11 Å². The number of hydrogen-bond donors (Lipinski definition) is 1. The zero-order valence-corrected chi connectivity index (χ0v) is 10.1. The quantitative estimate of drug-likeness (QED) is 0.825. The molecular weight excluding hydrogens is 244 g/mol. The Labute approximate surface area is 109 Å². The Kier molecular flexibility index (Phi) is 3.17. The molecule has 0 unspecified atom stereocenters. The molecular formula is C14H10N2O3. The van der Waals surface area contributed by atoms with Gasteiger partial charge in [0.25, 0.3) is 5.56 Å². The zero-order valence-electron chi connectivity index (χ0n) is 10.1. The van der Waals surface area contributed by atoms with Gasteiger partial charge in [-0.2, -0.15) is 5.26 Å². The molecule has 19 heavy (non-hydrogen) atoms. The molecule has 0 radical (unpaired) electrons. The average molecular weight is 254 g/mol. The van der Waals surface area contributed by atoms with Crippen molar-refractivity contribution >= 4 is 5.78 Å². The van der Waals surface area contributed by atoms with Gasteiger partial charge in [0, 0.05) is 0 Å². The third-order valence-corrected chi connectivity index (χ3v) is 2.69. The maximum Gasteiger partial charge on any atom is 0.275 e. The van der Waals surface area contributed by atoms with E-state index in [-0.39, 0.29) is 11.1 Å². The van der Waals surface area contributed by atoms with Crippen molar-refractivity contribution < 1.29 is 9.90 Å². The van der Waals surface area contributed by atoms with E-state index in [1.165, 1.54) is 6.92 Å². The number of Topliss-reactive ketones (excluding diaryl/α,β-unsaturated/α-hetero) is 1. The van der Waals surface area contributed by atoms with Crippen molar-refractivity contribution in [1.82, 2.24) is 4.57 Å². The molecule has 2 aromatic rings. The highest BCUT2D eigenvalue weighted by Gasteiger charge is 2.17. The Bertz CT molecular complexity index is 740. The Morgan fingerprint density at radius 2 is 1.95 bits per heavy atom. The van der Waals surface area contributed by atoms with Crippen LogP contribution in [0.2, 0.25) is 0 Å². The summed E-state index contributed by atoms with van der Waals surface area (Å²) in [6.07, 6.45) is 0. The van der Waals surface area contributed by atoms with Gasteiger partial charge in [0.05, 0.1) is 11.3 Å². The van der Waals surface area contributed by atoms with Gasteiger partial charge in [0.1, 0.15) is 11.6 Å². The predicted octanol–water partition coefficient (Wildman–Crippen LogP) is 1.62. The molecule has 2 rings (SSSR count). The summed E-state index contributed by atoms with van der Waals surface area (Å²) >= 11 is 0. The van der Waals surface area contributed by atoms with Gasteiger partial charge in [-0.1, -0.05) is 18.2 Å². The van der Waals surface area contributed by atoms with E-state index in [1.54, 1.807) is 36.4 Å². The van der Waals surface area contributed by atoms with Crippen LogP contribution in [0.25, 0.3) is 5.69 Å². The summed E-state index contributed by atoms with van der Waals surface area (Å²) < 4.78 is 0.954. The minimum atomic E-state index is -0.656. The summed E-state index contributed by atoms with van der Waals surface area (Å²) in [4.78, 5) is 23.5. The van der Waals surface area contributed by atoms with E-state index in [9.17, 15) is 14.7 Å². The van der Waals surface area contributed by atoms with E-state index in [0.717, 1.165) is 10.6 Å². The molecule has 1 aromatic heterocycles. The highest BCUT2D eigenvalue weighted by Crippen LogP contribution is 2.20. The molecule has 0 aliphatic heterocycles. The lowest BCUT2D eigenvalue weighted by molar-refractivity contribution is 0.101. The van der Waals surface area contributed by atoms with E-state index in [0.29, 0.717) is 5.69 Å². The largest absolute Gasteiger partial charge is 0.494 e. The van der Waals surface area contributed by atoms with Gasteiger partial charge >= 0.3 is 0 Å². The minimum Gasteiger partial charge on any atom is -0.494 e. The van der Waals surface area contributed by atoms with Gasteiger partial charge in [0.2, 0.25) is 5.88 Å². The first kappa shape index (κ1) is 12.6. The molecule has 1 N–H and O–H groups in total. The number of carbonyl (C=O) groups is 1. The summed E-state index contributed by atoms with van der Waals surface area (Å²) in [5.74, 6) is -0.874. The van der Waals surface area contributed by atoms with Crippen molar-refractivity contribution in [3.05, 3.63) is 57.9 Å². The number of pyridine rings is 1. The van der Waals surface area contributed by atoms with Gasteiger partial charge in [-0.25, -0.2) is 4.57 Å². The highest BCUT2D eigenvalue weighted by molar-refractivity contribution is 5.96. The number of nitrogens with zero attached hydrogens (tertiary/aromatic N) is 2. The van der Waals surface area contributed by atoms with Crippen LogP contribution in [0.15, 0.2) is 41.2 Å². The lowest BCUT2D eigenvalue weighted by Crippen LogP contribution is -2.22. The predicted molar refractivity (Wildman–Crippen MR) is 68.4 cm³/mol. The number of para-hydroxylation sites is 1. The molecule has 0 amide bonds. The van der Waals surface area contributed by atoms with Crippen LogP contribution < -0.4 is 5.56 Å². The number of hydrogen-bond acceptors (Lipinski definition) is 4. The summed E-state index contributed by atoms with van der Waals surface area (Å²) in [5.41, 5.74) is -0.507. The fourth-order valence-electron chi connectivity index (χ4n) is 1.76. The number of rotatable bonds is 2. The molecule has 0 saturated carbocycles. The summed E-state index contributed by atoms with van der Waals surface area (Å²) in [6, 6.07) is 11.2. The number of aromatic nitrogens is 1. The Hall–Kier alpha value is -2.87. The second-order valence-electron chi connectivity index (χ2n) is 3.94. The molecule has 5 heteroatoms. The van der Waals surface area contributed by atoms with Crippen LogP contribution in [0.1, 0.15) is 22.8 Å². The Morgan fingerprint density at radius 1 is 1.32 bits per heavy atom. The van der Waals surface area contributed by atoms with Crippen molar-refractivity contribution in [2.75, 3.05) is 0 Å². The van der Waals surface area contributed by atoms with Crippen LogP contribution in [-0.2, 0) is 0 Å². The van der Waals surface area contributed by atoms with Crippen molar-refractivity contribution in [1.29, 1.82) is 5.26 Å². The molecule has 94 valence electrons. The average Bonchev–Trinajstić information content (AvgIpc) is 2.40. The van der Waals surface area contributed by atoms with Crippen LogP contribution in [0.3, 0.4) is 0 Å². The van der Waals surface area contributed by atoms with E-state index in [2.05, 4.69) is 0 Å². The molecule has 1 aromatic carbocycles. The molecule has 0 saturated heterocycles. The first-order valence-corrected chi connectivity index (χ1v) is 5.51. The lowest BCUT2D eigenvalue weighted by atomic mass is 10.1. The van der Waals surface area contributed by atoms with Gasteiger partial charge in [0.15, 0.2) is 5.78 Å². The van der Waals surface area contributed by atoms with Crippen molar-refractivity contribution in [3.63, 3.8) is 0 Å². The molecule has 5 nitrogen and oxygen atoms in total. The van der Waals surface area contributed by atoms with Crippen molar-refractivity contribution in [2.24, 2.45) is 0 Å². The van der Waals surface area contributed by atoms with Crippen LogP contribution in [-0.4, -0.2) is 15.5 Å². The molecule has 0 spiro atoms. The zero-order chi connectivity index (χ0) is 14.0. The molecule has 0 aliphatic rings. The first-order chi connectivity index (χ1) is 9.06. The molecule has 0 fully saturated rings. The minimum absolute atomic E-state index is 0.0556. The summed E-state index contributed by atoms with van der Waals surface area (Å²) in [5, 5.41) is 19.0. The van der Waals surface area contributed by atoms with Gasteiger partial charge in [-0.05, 0) is 25.1 Å². The third kappa shape index (κ3) is 2.11. The van der Waals surface area contributed by atoms with E-state index < -0.39 is 17.2 Å². The smallest absolute Gasteiger partial charge is 0.275 e. The first-order valence-electron chi connectivity index (χ1n) is 5.51. The maximum absolute atomic E-state index is 12.1. The third-order valence-electron chi connectivity index (χ3n) is 2.69. The van der Waals surface area contributed by atoms with Crippen LogP contribution in [0.4, 0.5) is 0 Å². The Balaban J connectivity index is 2.88. The molecule has 0 aliphatic carbocycles. The van der Waals surface area contributed by atoms with E-state index >= 15 is 0 Å². The molecule has 0 bridgehead atoms. The van der Waals surface area contributed by atoms with E-state index in [4.69, 9.17) is 5.26 Å². The molecule has 1 heterocycles. The highest BCUT2D eigenvalue weighted by atomic mass is 16.3. The topological polar surface area (TPSA) is 83.1 Å². The normalized spacial score (nSPS) is 9.89. The number of aromatic hydroxyl groups is 1. The lowest BCUT2D eigenvalue weighted by Gasteiger charge is -2.11. The van der Waals surface area contributed by atoms with Crippen LogP contribution >= 0.6 is 0 Å². The van der Waals surface area contributed by atoms with Crippen molar-refractivity contribution in [2.45, 2.75) is 6.92 Å². The maximum atomic E-state index is 12.1. The van der Waals surface area contributed by atoms with Crippen molar-refractivity contribution in [3.8, 4) is 17.6 Å². The molecule has 0 atom stereocenters. The van der Waals surface area contributed by atoms with Gasteiger partial charge in [-0.15, -0.1) is 0 Å². The fourth-order valence-corrected chi connectivity index (χ4v) is 1.76. The fraction of sp³-hybridized carbons (Fsp3) is 0.0714.